The van der Waals surface area contributed by atoms with Gasteiger partial charge in [0.05, 0.1) is 6.42 Å². The highest BCUT2D eigenvalue weighted by Gasteiger charge is 2.18. The first-order valence-electron chi connectivity index (χ1n) is 9.46. The fourth-order valence-electron chi connectivity index (χ4n) is 3.30. The molecule has 0 spiro atoms. The van der Waals surface area contributed by atoms with Gasteiger partial charge in [-0.25, -0.2) is 9.78 Å². The molecule has 142 valence electrons. The van der Waals surface area contributed by atoms with Crippen molar-refractivity contribution in [2.45, 2.75) is 39.5 Å². The first-order valence-corrected chi connectivity index (χ1v) is 9.46. The Morgan fingerprint density at radius 3 is 2.63 bits per heavy atom. The number of hydrogen-bond acceptors (Lipinski definition) is 3. The van der Waals surface area contributed by atoms with Crippen LogP contribution in [0.1, 0.15) is 36.5 Å². The van der Waals surface area contributed by atoms with E-state index in [-0.39, 0.29) is 11.9 Å². The summed E-state index contributed by atoms with van der Waals surface area (Å²) in [4.78, 5) is 30.8. The molecule has 0 unspecified atom stereocenters. The number of carbonyl (C=O) groups excluding carboxylic acids is 2. The molecule has 0 radical (unpaired) electrons. The van der Waals surface area contributed by atoms with E-state index in [0.717, 1.165) is 54.7 Å². The van der Waals surface area contributed by atoms with Crippen LogP contribution < -0.4 is 10.6 Å². The zero-order valence-corrected chi connectivity index (χ0v) is 15.9. The fourth-order valence-corrected chi connectivity index (χ4v) is 3.30. The van der Waals surface area contributed by atoms with E-state index < -0.39 is 0 Å². The molecule has 1 aromatic carbocycles. The summed E-state index contributed by atoms with van der Waals surface area (Å²) in [6.45, 7) is 5.66. The lowest BCUT2D eigenvalue weighted by molar-refractivity contribution is -0.129. The summed E-state index contributed by atoms with van der Waals surface area (Å²) in [5.41, 5.74) is 3.64. The molecule has 1 aromatic heterocycles. The van der Waals surface area contributed by atoms with Gasteiger partial charge in [-0.15, -0.1) is 0 Å². The minimum Gasteiger partial charge on any atom is -0.342 e. The van der Waals surface area contributed by atoms with E-state index in [1.807, 2.05) is 49.1 Å². The number of likely N-dealkylation sites (tertiary alicyclic amines) is 1. The number of hydrogen-bond donors (Lipinski definition) is 2. The van der Waals surface area contributed by atoms with E-state index in [1.54, 1.807) is 6.20 Å². The van der Waals surface area contributed by atoms with Gasteiger partial charge in [0, 0.05) is 25.0 Å². The van der Waals surface area contributed by atoms with Crippen LogP contribution in [0.4, 0.5) is 16.3 Å². The molecule has 2 aromatic rings. The van der Waals surface area contributed by atoms with Crippen LogP contribution in [0.3, 0.4) is 0 Å². The van der Waals surface area contributed by atoms with Crippen LogP contribution in [-0.2, 0) is 17.6 Å². The van der Waals surface area contributed by atoms with Gasteiger partial charge in [-0.3, -0.25) is 10.1 Å². The van der Waals surface area contributed by atoms with Gasteiger partial charge in [0.1, 0.15) is 5.82 Å². The highest BCUT2D eigenvalue weighted by atomic mass is 16.2. The number of carbonyl (C=O) groups is 2. The number of anilines is 2. The van der Waals surface area contributed by atoms with Crippen LogP contribution >= 0.6 is 0 Å². The molecular weight excluding hydrogens is 340 g/mol. The first-order chi connectivity index (χ1) is 13.1. The predicted octanol–water partition coefficient (Wildman–Crippen LogP) is 3.76. The quantitative estimate of drug-likeness (QED) is 0.846. The molecule has 0 atom stereocenters. The zero-order chi connectivity index (χ0) is 19.2. The molecule has 2 N–H and O–H groups in total. The van der Waals surface area contributed by atoms with Gasteiger partial charge in [0.15, 0.2) is 0 Å². The predicted molar refractivity (Wildman–Crippen MR) is 107 cm³/mol. The van der Waals surface area contributed by atoms with Crippen molar-refractivity contribution in [3.05, 3.63) is 53.2 Å². The van der Waals surface area contributed by atoms with Crippen molar-refractivity contribution in [2.24, 2.45) is 0 Å². The van der Waals surface area contributed by atoms with Crippen LogP contribution in [0.2, 0.25) is 0 Å². The molecule has 0 saturated carbocycles. The van der Waals surface area contributed by atoms with Crippen LogP contribution in [0.5, 0.6) is 0 Å². The molecule has 6 heteroatoms. The van der Waals surface area contributed by atoms with E-state index in [1.165, 1.54) is 0 Å². The molecule has 2 heterocycles. The normalized spacial score (nSPS) is 13.5. The Bertz CT molecular complexity index is 829. The highest BCUT2D eigenvalue weighted by Crippen LogP contribution is 2.20. The summed E-state index contributed by atoms with van der Waals surface area (Å²) < 4.78 is 0. The lowest BCUT2D eigenvalue weighted by Gasteiger charge is -2.16. The average Bonchev–Trinajstić information content (AvgIpc) is 3.20. The van der Waals surface area contributed by atoms with Crippen LogP contribution in [0, 0.1) is 6.92 Å². The van der Waals surface area contributed by atoms with Crippen molar-refractivity contribution in [1.29, 1.82) is 0 Å². The number of amides is 3. The second-order valence-electron chi connectivity index (χ2n) is 6.86. The van der Waals surface area contributed by atoms with Gasteiger partial charge in [-0.2, -0.15) is 0 Å². The Morgan fingerprint density at radius 2 is 1.93 bits per heavy atom. The third-order valence-electron chi connectivity index (χ3n) is 4.85. The summed E-state index contributed by atoms with van der Waals surface area (Å²) in [7, 11) is 0. The molecule has 1 fully saturated rings. The van der Waals surface area contributed by atoms with Gasteiger partial charge in [0.25, 0.3) is 0 Å². The Kier molecular flexibility index (Phi) is 6.06. The van der Waals surface area contributed by atoms with Crippen molar-refractivity contribution in [2.75, 3.05) is 23.7 Å². The maximum absolute atomic E-state index is 12.4. The molecular formula is C21H26N4O2. The summed E-state index contributed by atoms with van der Waals surface area (Å²) in [6, 6.07) is 9.19. The molecule has 0 bridgehead atoms. The number of rotatable bonds is 5. The largest absolute Gasteiger partial charge is 0.342 e. The van der Waals surface area contributed by atoms with E-state index >= 15 is 0 Å². The van der Waals surface area contributed by atoms with E-state index in [2.05, 4.69) is 15.6 Å². The third kappa shape index (κ3) is 4.84. The molecule has 1 saturated heterocycles. The molecule has 3 rings (SSSR count). The monoisotopic (exact) mass is 366 g/mol. The second-order valence-corrected chi connectivity index (χ2v) is 6.86. The number of nitrogens with one attached hydrogen (secondary N) is 2. The maximum atomic E-state index is 12.4. The first kappa shape index (κ1) is 18.9. The maximum Gasteiger partial charge on any atom is 0.324 e. The minimum atomic E-state index is -0.326. The van der Waals surface area contributed by atoms with Gasteiger partial charge in [-0.1, -0.05) is 25.1 Å². The van der Waals surface area contributed by atoms with Gasteiger partial charge < -0.3 is 10.2 Å². The van der Waals surface area contributed by atoms with Gasteiger partial charge >= 0.3 is 6.03 Å². The van der Waals surface area contributed by atoms with E-state index in [9.17, 15) is 9.59 Å². The molecule has 27 heavy (non-hydrogen) atoms. The van der Waals surface area contributed by atoms with Crippen molar-refractivity contribution in [3.8, 4) is 0 Å². The van der Waals surface area contributed by atoms with Crippen LogP contribution in [0.15, 0.2) is 36.5 Å². The van der Waals surface area contributed by atoms with E-state index in [4.69, 9.17) is 0 Å². The number of aromatic nitrogens is 1. The summed E-state index contributed by atoms with van der Waals surface area (Å²) in [5.74, 6) is 0.722. The minimum absolute atomic E-state index is 0.179. The van der Waals surface area contributed by atoms with Crippen LogP contribution in [-0.4, -0.2) is 34.9 Å². The SMILES string of the molecule is CCc1cc(CC(=O)N2CCCC2)ccc1NC(=O)Nc1ncccc1C. The molecule has 3 amide bonds. The van der Waals surface area contributed by atoms with E-state index in [0.29, 0.717) is 12.2 Å². The van der Waals surface area contributed by atoms with Crippen molar-refractivity contribution >= 4 is 23.4 Å². The summed E-state index contributed by atoms with van der Waals surface area (Å²) in [6.07, 6.45) is 5.02. The Morgan fingerprint density at radius 1 is 1.15 bits per heavy atom. The Hall–Kier alpha value is -2.89. The topological polar surface area (TPSA) is 74.3 Å². The van der Waals surface area contributed by atoms with Gasteiger partial charge in [0.2, 0.25) is 5.91 Å². The number of pyridine rings is 1. The number of nitrogens with zero attached hydrogens (tertiary/aromatic N) is 2. The number of urea groups is 1. The highest BCUT2D eigenvalue weighted by molar-refractivity contribution is 6.00. The lowest BCUT2D eigenvalue weighted by atomic mass is 10.0. The standard InChI is InChI=1S/C21H26N4O2/c1-3-17-13-16(14-19(26)25-11-4-5-12-25)8-9-18(17)23-21(27)24-20-15(2)7-6-10-22-20/h6-10,13H,3-5,11-12,14H2,1-2H3,(H2,22,23,24,27). The van der Waals surface area contributed by atoms with Crippen LogP contribution in [0.25, 0.3) is 0 Å². The van der Waals surface area contributed by atoms with Crippen molar-refractivity contribution < 1.29 is 9.59 Å². The molecule has 1 aliphatic rings. The Balaban J connectivity index is 1.66. The Labute approximate surface area is 160 Å². The second kappa shape index (κ2) is 8.66. The molecule has 1 aliphatic heterocycles. The third-order valence-corrected chi connectivity index (χ3v) is 4.85. The zero-order valence-electron chi connectivity index (χ0n) is 15.9. The number of aryl methyl sites for hydroxylation is 2. The fraction of sp³-hybridized carbons (Fsp3) is 0.381. The molecule has 0 aliphatic carbocycles. The summed E-state index contributed by atoms with van der Waals surface area (Å²) in [5, 5.41) is 5.66. The van der Waals surface area contributed by atoms with Crippen molar-refractivity contribution in [1.82, 2.24) is 9.88 Å². The molecule has 6 nitrogen and oxygen atoms in total. The lowest BCUT2D eigenvalue weighted by Crippen LogP contribution is -2.29. The summed E-state index contributed by atoms with van der Waals surface area (Å²) >= 11 is 0. The smallest absolute Gasteiger partial charge is 0.324 e. The van der Waals surface area contributed by atoms with Gasteiger partial charge in [-0.05, 0) is 55.0 Å². The average molecular weight is 366 g/mol. The van der Waals surface area contributed by atoms with Crippen molar-refractivity contribution in [3.63, 3.8) is 0 Å². The number of benzene rings is 1.